The number of hydrogen-bond donors (Lipinski definition) is 2. The van der Waals surface area contributed by atoms with E-state index in [9.17, 15) is 9.18 Å². The van der Waals surface area contributed by atoms with E-state index in [2.05, 4.69) is 25.6 Å². The summed E-state index contributed by atoms with van der Waals surface area (Å²) in [6, 6.07) is 9.98. The zero-order valence-corrected chi connectivity index (χ0v) is 15.3. The van der Waals surface area contributed by atoms with Crippen molar-refractivity contribution in [2.24, 2.45) is 7.05 Å². The van der Waals surface area contributed by atoms with E-state index in [1.54, 1.807) is 16.8 Å². The van der Waals surface area contributed by atoms with Gasteiger partial charge in [-0.3, -0.25) is 9.48 Å². The fourth-order valence-corrected chi connectivity index (χ4v) is 4.02. The summed E-state index contributed by atoms with van der Waals surface area (Å²) in [5.74, 6) is 0.0944. The van der Waals surface area contributed by atoms with Crippen LogP contribution in [0.25, 0.3) is 10.8 Å². The predicted octanol–water partition coefficient (Wildman–Crippen LogP) is 2.80. The first kappa shape index (κ1) is 16.6. The number of aromatic amines is 1. The van der Waals surface area contributed by atoms with Crippen LogP contribution in [0.1, 0.15) is 34.6 Å². The molecule has 0 spiro atoms. The number of rotatable bonds is 2. The summed E-state index contributed by atoms with van der Waals surface area (Å²) in [6.45, 7) is 1.94. The third kappa shape index (κ3) is 2.41. The van der Waals surface area contributed by atoms with Crippen molar-refractivity contribution >= 4 is 16.5 Å². The molecule has 0 saturated heterocycles. The normalized spacial score (nSPS) is 18.2. The Kier molecular flexibility index (Phi) is 3.55. The fraction of sp³-hybridized carbons (Fsp3) is 0.200. The highest BCUT2D eigenvalue weighted by Gasteiger charge is 2.37. The van der Waals surface area contributed by atoms with Gasteiger partial charge in [-0.05, 0) is 42.3 Å². The van der Waals surface area contributed by atoms with Gasteiger partial charge in [0.2, 0.25) is 0 Å². The lowest BCUT2D eigenvalue weighted by Crippen LogP contribution is -2.30. The molecule has 3 heterocycles. The van der Waals surface area contributed by atoms with E-state index < -0.39 is 0 Å². The van der Waals surface area contributed by atoms with Crippen LogP contribution in [0.2, 0.25) is 0 Å². The Morgan fingerprint density at radius 3 is 2.68 bits per heavy atom. The molecule has 5 rings (SSSR count). The molecule has 0 radical (unpaired) electrons. The second-order valence-electron chi connectivity index (χ2n) is 7.07. The van der Waals surface area contributed by atoms with Gasteiger partial charge in [0.15, 0.2) is 0 Å². The summed E-state index contributed by atoms with van der Waals surface area (Å²) in [7, 11) is 1.82. The van der Waals surface area contributed by atoms with Gasteiger partial charge in [-0.1, -0.05) is 12.1 Å². The van der Waals surface area contributed by atoms with Gasteiger partial charge in [0.1, 0.15) is 18.0 Å². The van der Waals surface area contributed by atoms with Crippen LogP contribution >= 0.6 is 0 Å². The molecule has 4 aromatic rings. The van der Waals surface area contributed by atoms with Crippen molar-refractivity contribution < 1.29 is 4.39 Å². The molecule has 0 saturated carbocycles. The summed E-state index contributed by atoms with van der Waals surface area (Å²) in [5, 5.41) is 16.1. The van der Waals surface area contributed by atoms with E-state index in [-0.39, 0.29) is 23.3 Å². The predicted molar refractivity (Wildman–Crippen MR) is 103 cm³/mol. The maximum atomic E-state index is 13.5. The molecule has 28 heavy (non-hydrogen) atoms. The summed E-state index contributed by atoms with van der Waals surface area (Å²) in [5.41, 5.74) is 3.17. The quantitative estimate of drug-likeness (QED) is 0.562. The topological polar surface area (TPSA) is 88.5 Å². The summed E-state index contributed by atoms with van der Waals surface area (Å²) in [4.78, 5) is 16.8. The lowest BCUT2D eigenvalue weighted by atomic mass is 9.83. The number of hydrogen-bond acceptors (Lipinski definition) is 5. The van der Waals surface area contributed by atoms with Gasteiger partial charge in [-0.15, -0.1) is 0 Å². The zero-order valence-electron chi connectivity index (χ0n) is 15.3. The Labute approximate surface area is 159 Å². The van der Waals surface area contributed by atoms with Crippen molar-refractivity contribution in [3.63, 3.8) is 0 Å². The molecule has 2 N–H and O–H groups in total. The van der Waals surface area contributed by atoms with Crippen molar-refractivity contribution in [3.05, 3.63) is 81.5 Å². The van der Waals surface area contributed by atoms with Crippen LogP contribution in [-0.2, 0) is 7.05 Å². The van der Waals surface area contributed by atoms with Crippen LogP contribution < -0.4 is 10.9 Å². The van der Waals surface area contributed by atoms with Gasteiger partial charge in [0.25, 0.3) is 5.56 Å². The van der Waals surface area contributed by atoms with Gasteiger partial charge in [0, 0.05) is 18.1 Å². The summed E-state index contributed by atoms with van der Waals surface area (Å²) >= 11 is 0. The smallest absolute Gasteiger partial charge is 0.272 e. The number of anilines is 1. The Balaban J connectivity index is 1.82. The third-order valence-electron chi connectivity index (χ3n) is 5.25. The van der Waals surface area contributed by atoms with Crippen LogP contribution in [0.15, 0.2) is 47.5 Å². The van der Waals surface area contributed by atoms with E-state index in [0.29, 0.717) is 16.9 Å². The van der Waals surface area contributed by atoms with Crippen molar-refractivity contribution in [2.75, 3.05) is 5.32 Å². The molecule has 0 aliphatic carbocycles. The van der Waals surface area contributed by atoms with Gasteiger partial charge >= 0.3 is 0 Å². The molecule has 1 aliphatic heterocycles. The largest absolute Gasteiger partial charge is 0.377 e. The second kappa shape index (κ2) is 5.98. The van der Waals surface area contributed by atoms with Crippen LogP contribution in [-0.4, -0.2) is 25.0 Å². The molecule has 0 bridgehead atoms. The van der Waals surface area contributed by atoms with Crippen LogP contribution in [0.3, 0.4) is 0 Å². The van der Waals surface area contributed by atoms with Gasteiger partial charge in [-0.25, -0.2) is 14.5 Å². The summed E-state index contributed by atoms with van der Waals surface area (Å²) in [6.07, 6.45) is 1.49. The maximum absolute atomic E-state index is 13.5. The molecular weight excluding hydrogens is 359 g/mol. The fourth-order valence-electron chi connectivity index (χ4n) is 4.02. The molecule has 0 amide bonds. The van der Waals surface area contributed by atoms with Gasteiger partial charge < -0.3 is 5.32 Å². The van der Waals surface area contributed by atoms with Crippen molar-refractivity contribution in [1.29, 1.82) is 0 Å². The SMILES string of the molecule is Cc1cc2c3c(n[nH]c(=O)c3c1)[C@H](c1ncnn1C)[C@@H](c1ccc(F)cc1)N2. The minimum Gasteiger partial charge on any atom is -0.377 e. The second-order valence-corrected chi connectivity index (χ2v) is 7.07. The molecule has 2 atom stereocenters. The number of aryl methyl sites for hydroxylation is 2. The van der Waals surface area contributed by atoms with Crippen LogP contribution in [0.5, 0.6) is 0 Å². The number of aromatic nitrogens is 5. The highest BCUT2D eigenvalue weighted by molar-refractivity contribution is 5.97. The monoisotopic (exact) mass is 376 g/mol. The molecule has 140 valence electrons. The van der Waals surface area contributed by atoms with Gasteiger partial charge in [0.05, 0.1) is 23.0 Å². The van der Waals surface area contributed by atoms with E-state index in [1.807, 2.05) is 26.1 Å². The number of H-pyrrole nitrogens is 1. The molecule has 8 heteroatoms. The molecule has 2 aromatic carbocycles. The average Bonchev–Trinajstić information content (AvgIpc) is 3.10. The molecular formula is C20H17FN6O. The Bertz CT molecular complexity index is 1260. The first-order valence-corrected chi connectivity index (χ1v) is 8.92. The standard InChI is InChI=1S/C20H17FN6O/c1-10-7-13-15-14(8-10)24-17(11-3-5-12(21)6-4-11)16(18(15)25-26-20(13)28)19-22-9-23-27(19)2/h3-9,16-17,24H,1-2H3,(H,26,28)/t16-,17-/m1/s1. The first-order chi connectivity index (χ1) is 13.5. The van der Waals surface area contributed by atoms with E-state index in [1.165, 1.54) is 18.5 Å². The first-order valence-electron chi connectivity index (χ1n) is 8.92. The maximum Gasteiger partial charge on any atom is 0.272 e. The van der Waals surface area contributed by atoms with Crippen molar-refractivity contribution in [2.45, 2.75) is 18.9 Å². The number of benzene rings is 2. The zero-order chi connectivity index (χ0) is 19.4. The minimum absolute atomic E-state index is 0.234. The van der Waals surface area contributed by atoms with Gasteiger partial charge in [-0.2, -0.15) is 10.2 Å². The molecule has 2 aromatic heterocycles. The van der Waals surface area contributed by atoms with E-state index >= 15 is 0 Å². The molecule has 7 nitrogen and oxygen atoms in total. The highest BCUT2D eigenvalue weighted by atomic mass is 19.1. The van der Waals surface area contributed by atoms with Crippen LogP contribution in [0.4, 0.5) is 10.1 Å². The number of nitrogens with zero attached hydrogens (tertiary/aromatic N) is 4. The van der Waals surface area contributed by atoms with E-state index in [0.717, 1.165) is 22.2 Å². The third-order valence-corrected chi connectivity index (χ3v) is 5.25. The Hall–Kier alpha value is -3.55. The molecule has 0 unspecified atom stereocenters. The highest BCUT2D eigenvalue weighted by Crippen LogP contribution is 2.45. The lowest BCUT2D eigenvalue weighted by Gasteiger charge is -2.34. The Morgan fingerprint density at radius 1 is 1.18 bits per heavy atom. The van der Waals surface area contributed by atoms with Crippen LogP contribution in [0, 0.1) is 12.7 Å². The average molecular weight is 376 g/mol. The molecule has 1 aliphatic rings. The number of halogens is 1. The van der Waals surface area contributed by atoms with Crippen molar-refractivity contribution in [1.82, 2.24) is 25.0 Å². The summed E-state index contributed by atoms with van der Waals surface area (Å²) < 4.78 is 15.2. The number of nitrogens with one attached hydrogen (secondary N) is 2. The Morgan fingerprint density at radius 2 is 1.96 bits per heavy atom. The lowest BCUT2D eigenvalue weighted by molar-refractivity contribution is 0.564. The minimum atomic E-state index is -0.312. The van der Waals surface area contributed by atoms with E-state index in [4.69, 9.17) is 0 Å². The van der Waals surface area contributed by atoms with Crippen molar-refractivity contribution in [3.8, 4) is 0 Å². The molecule has 0 fully saturated rings.